The van der Waals surface area contributed by atoms with Gasteiger partial charge in [0, 0.05) is 16.5 Å². The Morgan fingerprint density at radius 1 is 1.18 bits per heavy atom. The first-order valence-corrected chi connectivity index (χ1v) is 11.1. The molecule has 3 aromatic rings. The third kappa shape index (κ3) is 4.92. The molecule has 34 heavy (non-hydrogen) atoms. The second-order valence-corrected chi connectivity index (χ2v) is 8.54. The molecule has 0 saturated heterocycles. The Morgan fingerprint density at radius 3 is 2.56 bits per heavy atom. The summed E-state index contributed by atoms with van der Waals surface area (Å²) in [4.78, 5) is 37.4. The minimum absolute atomic E-state index is 0.155. The third-order valence-corrected chi connectivity index (χ3v) is 6.32. The van der Waals surface area contributed by atoms with E-state index in [4.69, 9.17) is 9.15 Å². The van der Waals surface area contributed by atoms with Gasteiger partial charge in [-0.2, -0.15) is 5.26 Å². The molecule has 0 bridgehead atoms. The van der Waals surface area contributed by atoms with Crippen LogP contribution in [-0.4, -0.2) is 29.6 Å². The average Bonchev–Trinajstić information content (AvgIpc) is 3.36. The number of hydrogen-bond acceptors (Lipinski definition) is 7. The van der Waals surface area contributed by atoms with E-state index in [9.17, 15) is 24.8 Å². The van der Waals surface area contributed by atoms with Crippen LogP contribution in [-0.2, 0) is 9.53 Å². The molecule has 174 valence electrons. The normalized spacial score (nSPS) is 11.1. The molecule has 9 heteroatoms. The van der Waals surface area contributed by atoms with E-state index < -0.39 is 17.8 Å². The molecule has 0 atom stereocenters. The maximum atomic E-state index is 12.8. The summed E-state index contributed by atoms with van der Waals surface area (Å²) >= 11 is 1.22. The fourth-order valence-corrected chi connectivity index (χ4v) is 4.38. The lowest BCUT2D eigenvalue weighted by molar-refractivity contribution is -0.112. The average molecular weight is 479 g/mol. The van der Waals surface area contributed by atoms with E-state index in [0.717, 1.165) is 4.88 Å². The highest BCUT2D eigenvalue weighted by Gasteiger charge is 2.23. The highest BCUT2D eigenvalue weighted by Crippen LogP contribution is 2.33. The van der Waals surface area contributed by atoms with Crippen molar-refractivity contribution in [1.29, 1.82) is 5.26 Å². The van der Waals surface area contributed by atoms with Crippen molar-refractivity contribution in [3.63, 3.8) is 0 Å². The van der Waals surface area contributed by atoms with E-state index in [-0.39, 0.29) is 29.1 Å². The first-order chi connectivity index (χ1) is 16.2. The molecule has 2 heterocycles. The van der Waals surface area contributed by atoms with Gasteiger partial charge in [-0.25, -0.2) is 9.59 Å². The third-order valence-electron chi connectivity index (χ3n) is 5.20. The second-order valence-electron chi connectivity index (χ2n) is 7.32. The first-order valence-electron chi connectivity index (χ1n) is 10.3. The fraction of sp³-hybridized carbons (Fsp3) is 0.200. The highest BCUT2D eigenvalue weighted by molar-refractivity contribution is 7.16. The van der Waals surface area contributed by atoms with Gasteiger partial charge in [0.2, 0.25) is 0 Å². The Hall–Kier alpha value is -4.16. The number of carbonyl (C=O) groups is 3. The summed E-state index contributed by atoms with van der Waals surface area (Å²) in [5.41, 5.74) is 2.02. The number of nitrogens with zero attached hydrogens (tertiary/aromatic N) is 1. The van der Waals surface area contributed by atoms with Crippen LogP contribution in [0.5, 0.6) is 0 Å². The number of aryl methyl sites for hydroxylation is 1. The van der Waals surface area contributed by atoms with E-state index in [0.29, 0.717) is 27.5 Å². The summed E-state index contributed by atoms with van der Waals surface area (Å²) in [5.74, 6) is -1.64. The molecule has 3 rings (SSSR count). The summed E-state index contributed by atoms with van der Waals surface area (Å²) in [6, 6.07) is 9.91. The van der Waals surface area contributed by atoms with Crippen molar-refractivity contribution >= 4 is 40.3 Å². The number of carboxylic acid groups (broad SMARTS) is 1. The number of benzene rings is 1. The lowest BCUT2D eigenvalue weighted by atomic mass is 10.0. The molecule has 0 saturated carbocycles. The molecule has 0 radical (unpaired) electrons. The number of nitriles is 1. The number of hydrogen-bond donors (Lipinski definition) is 2. The van der Waals surface area contributed by atoms with Crippen LogP contribution in [0.2, 0.25) is 0 Å². The van der Waals surface area contributed by atoms with Crippen molar-refractivity contribution < 1.29 is 28.6 Å². The van der Waals surface area contributed by atoms with Crippen LogP contribution < -0.4 is 5.32 Å². The molecule has 2 N–H and O–H groups in total. The minimum atomic E-state index is -1.05. The van der Waals surface area contributed by atoms with Gasteiger partial charge in [0.1, 0.15) is 28.2 Å². The van der Waals surface area contributed by atoms with Gasteiger partial charge in [-0.05, 0) is 57.0 Å². The minimum Gasteiger partial charge on any atom is -0.478 e. The predicted molar refractivity (Wildman–Crippen MR) is 128 cm³/mol. The number of anilines is 1. The van der Waals surface area contributed by atoms with Crippen molar-refractivity contribution in [3.05, 3.63) is 68.8 Å². The predicted octanol–water partition coefficient (Wildman–Crippen LogP) is 5.35. The zero-order valence-electron chi connectivity index (χ0n) is 19.0. The summed E-state index contributed by atoms with van der Waals surface area (Å²) in [5, 5.41) is 21.8. The van der Waals surface area contributed by atoms with E-state index in [2.05, 4.69) is 5.32 Å². The van der Waals surface area contributed by atoms with Crippen LogP contribution in [0, 0.1) is 32.1 Å². The van der Waals surface area contributed by atoms with E-state index in [1.807, 2.05) is 13.0 Å². The number of aromatic carboxylic acids is 1. The number of furan rings is 1. The molecule has 1 aromatic carbocycles. The molecule has 0 spiro atoms. The largest absolute Gasteiger partial charge is 0.478 e. The summed E-state index contributed by atoms with van der Waals surface area (Å²) in [6.07, 6.45) is 1.28. The molecule has 8 nitrogen and oxygen atoms in total. The summed E-state index contributed by atoms with van der Waals surface area (Å²) in [7, 11) is 0. The molecule has 0 aliphatic heterocycles. The SMILES string of the molecule is CCOC(=O)c1c(NC(=O)/C(C#N)=C/c2ccc(-c3cccc(C(=O)O)c3C)o2)sc(C)c1C. The Kier molecular flexibility index (Phi) is 7.34. The molecule has 0 aliphatic rings. The summed E-state index contributed by atoms with van der Waals surface area (Å²) < 4.78 is 10.9. The van der Waals surface area contributed by atoms with Gasteiger partial charge in [-0.15, -0.1) is 11.3 Å². The zero-order valence-corrected chi connectivity index (χ0v) is 19.8. The van der Waals surface area contributed by atoms with Gasteiger partial charge >= 0.3 is 11.9 Å². The van der Waals surface area contributed by atoms with Crippen molar-refractivity contribution in [3.8, 4) is 17.4 Å². The van der Waals surface area contributed by atoms with E-state index in [1.54, 1.807) is 45.0 Å². The number of nitrogens with one attached hydrogen (secondary N) is 1. The van der Waals surface area contributed by atoms with Crippen molar-refractivity contribution in [2.24, 2.45) is 0 Å². The quantitative estimate of drug-likeness (QED) is 0.266. The molecule has 0 fully saturated rings. The van der Waals surface area contributed by atoms with Gasteiger partial charge in [0.15, 0.2) is 0 Å². The van der Waals surface area contributed by atoms with Crippen molar-refractivity contribution in [2.75, 3.05) is 11.9 Å². The molecule has 2 aromatic heterocycles. The maximum Gasteiger partial charge on any atom is 0.341 e. The van der Waals surface area contributed by atoms with Gasteiger partial charge in [0.05, 0.1) is 17.7 Å². The van der Waals surface area contributed by atoms with Crippen molar-refractivity contribution in [1.82, 2.24) is 0 Å². The molecule has 0 aliphatic carbocycles. The van der Waals surface area contributed by atoms with Gasteiger partial charge in [0.25, 0.3) is 5.91 Å². The summed E-state index contributed by atoms with van der Waals surface area (Å²) in [6.45, 7) is 7.15. The Morgan fingerprint density at radius 2 is 1.91 bits per heavy atom. The number of carboxylic acids is 1. The van der Waals surface area contributed by atoms with Gasteiger partial charge < -0.3 is 19.6 Å². The lowest BCUT2D eigenvalue weighted by Gasteiger charge is -2.07. The van der Waals surface area contributed by atoms with Crippen LogP contribution in [0.1, 0.15) is 49.4 Å². The van der Waals surface area contributed by atoms with Crippen LogP contribution in [0.15, 0.2) is 40.3 Å². The van der Waals surface area contributed by atoms with Crippen molar-refractivity contribution in [2.45, 2.75) is 27.7 Å². The monoisotopic (exact) mass is 478 g/mol. The molecule has 1 amide bonds. The highest BCUT2D eigenvalue weighted by atomic mass is 32.1. The number of rotatable bonds is 7. The van der Waals surface area contributed by atoms with Crippen LogP contribution >= 0.6 is 11.3 Å². The van der Waals surface area contributed by atoms with Crippen LogP contribution in [0.25, 0.3) is 17.4 Å². The Bertz CT molecular complexity index is 1360. The maximum absolute atomic E-state index is 12.8. The standard InChI is InChI=1S/C25H22N2O6S/c1-5-32-25(31)21-13(2)15(4)34-23(21)27-22(28)16(12-26)11-17-9-10-20(33-17)18-7-6-8-19(14(18)3)24(29)30/h6-11H,5H2,1-4H3,(H,27,28)(H,29,30)/b16-11+. The fourth-order valence-electron chi connectivity index (χ4n) is 3.33. The smallest absolute Gasteiger partial charge is 0.341 e. The molecule has 0 unspecified atom stereocenters. The number of carbonyl (C=O) groups excluding carboxylic acids is 2. The number of thiophene rings is 1. The van der Waals surface area contributed by atoms with Crippen LogP contribution in [0.4, 0.5) is 5.00 Å². The second kappa shape index (κ2) is 10.2. The van der Waals surface area contributed by atoms with E-state index in [1.165, 1.54) is 23.5 Å². The zero-order chi connectivity index (χ0) is 25.0. The Labute approximate surface area is 200 Å². The molecular formula is C25H22N2O6S. The Balaban J connectivity index is 1.89. The van der Waals surface area contributed by atoms with E-state index >= 15 is 0 Å². The topological polar surface area (TPSA) is 130 Å². The number of ether oxygens (including phenoxy) is 1. The lowest BCUT2D eigenvalue weighted by Crippen LogP contribution is -2.16. The first kappa shape index (κ1) is 24.5. The van der Waals surface area contributed by atoms with Crippen LogP contribution in [0.3, 0.4) is 0 Å². The van der Waals surface area contributed by atoms with Gasteiger partial charge in [-0.3, -0.25) is 4.79 Å². The van der Waals surface area contributed by atoms with Gasteiger partial charge in [-0.1, -0.05) is 12.1 Å². The number of esters is 1. The molecular weight excluding hydrogens is 456 g/mol. The number of amides is 1.